The summed E-state index contributed by atoms with van der Waals surface area (Å²) in [5, 5.41) is 8.47. The largest absolute Gasteiger partial charge is 0.298 e. The van der Waals surface area contributed by atoms with Gasteiger partial charge >= 0.3 is 0 Å². The predicted octanol–water partition coefficient (Wildman–Crippen LogP) is 2.96. The standard InChI is InChI=1S/C8H7N.C4H9N/c1-7-4-2-3-5-8(7)6-9;1-4(2)5-3/h2-5H,1H3;1-3H3. The van der Waals surface area contributed by atoms with E-state index < -0.39 is 0 Å². The summed E-state index contributed by atoms with van der Waals surface area (Å²) in [5.41, 5.74) is 2.93. The lowest BCUT2D eigenvalue weighted by molar-refractivity contribution is 1.39. The summed E-state index contributed by atoms with van der Waals surface area (Å²) in [6.45, 7) is 5.87. The van der Waals surface area contributed by atoms with E-state index in [-0.39, 0.29) is 0 Å². The molecule has 0 saturated heterocycles. The first-order valence-electron chi connectivity index (χ1n) is 4.47. The maximum Gasteiger partial charge on any atom is 0.0994 e. The molecule has 0 heterocycles. The van der Waals surface area contributed by atoms with Crippen LogP contribution < -0.4 is 0 Å². The third kappa shape index (κ3) is 5.10. The maximum absolute atomic E-state index is 8.47. The summed E-state index contributed by atoms with van der Waals surface area (Å²) in [6, 6.07) is 9.63. The highest BCUT2D eigenvalue weighted by molar-refractivity contribution is 5.78. The lowest BCUT2D eigenvalue weighted by Gasteiger charge is -1.90. The molecule has 2 heteroatoms. The number of nitriles is 1. The quantitative estimate of drug-likeness (QED) is 0.576. The second-order valence-corrected chi connectivity index (χ2v) is 3.10. The molecule has 0 unspecified atom stereocenters. The lowest BCUT2D eigenvalue weighted by atomic mass is 10.1. The zero-order chi connectivity index (χ0) is 11.0. The fraction of sp³-hybridized carbons (Fsp3) is 0.333. The Morgan fingerprint density at radius 3 is 2.07 bits per heavy atom. The van der Waals surface area contributed by atoms with Crippen LogP contribution in [-0.4, -0.2) is 12.8 Å². The van der Waals surface area contributed by atoms with Gasteiger partial charge < -0.3 is 0 Å². The molecule has 1 aromatic rings. The number of aryl methyl sites for hydroxylation is 1. The average molecular weight is 188 g/mol. The molecule has 0 fully saturated rings. The van der Waals surface area contributed by atoms with Gasteiger partial charge in [0.15, 0.2) is 0 Å². The summed E-state index contributed by atoms with van der Waals surface area (Å²) < 4.78 is 0. The zero-order valence-corrected chi connectivity index (χ0v) is 9.20. The number of hydrogen-bond donors (Lipinski definition) is 0. The van der Waals surface area contributed by atoms with Crippen LogP contribution in [0.3, 0.4) is 0 Å². The Hall–Kier alpha value is -1.62. The Kier molecular flexibility index (Phi) is 6.06. The van der Waals surface area contributed by atoms with Crippen LogP contribution in [-0.2, 0) is 0 Å². The van der Waals surface area contributed by atoms with Crippen LogP contribution in [0.5, 0.6) is 0 Å². The summed E-state index contributed by atoms with van der Waals surface area (Å²) >= 11 is 0. The van der Waals surface area contributed by atoms with Gasteiger partial charge in [0.2, 0.25) is 0 Å². The van der Waals surface area contributed by atoms with Gasteiger partial charge in [-0.25, -0.2) is 0 Å². The molecular weight excluding hydrogens is 172 g/mol. The first-order chi connectivity index (χ1) is 6.61. The summed E-state index contributed by atoms with van der Waals surface area (Å²) in [7, 11) is 1.79. The van der Waals surface area contributed by atoms with E-state index in [1.54, 1.807) is 7.05 Å². The van der Waals surface area contributed by atoms with Gasteiger partial charge in [-0.15, -0.1) is 0 Å². The second-order valence-electron chi connectivity index (χ2n) is 3.10. The van der Waals surface area contributed by atoms with Crippen LogP contribution >= 0.6 is 0 Å². The molecule has 14 heavy (non-hydrogen) atoms. The van der Waals surface area contributed by atoms with Crippen molar-refractivity contribution >= 4 is 5.71 Å². The fourth-order valence-corrected chi connectivity index (χ4v) is 0.698. The SMILES string of the molecule is CN=C(C)C.Cc1ccccc1C#N. The number of hydrogen-bond acceptors (Lipinski definition) is 2. The van der Waals surface area contributed by atoms with Crippen LogP contribution in [0, 0.1) is 18.3 Å². The van der Waals surface area contributed by atoms with Crippen molar-refractivity contribution in [3.8, 4) is 6.07 Å². The predicted molar refractivity (Wildman–Crippen MR) is 60.6 cm³/mol. The molecular formula is C12H16N2. The Morgan fingerprint density at radius 2 is 1.79 bits per heavy atom. The first kappa shape index (κ1) is 12.4. The summed E-state index contributed by atoms with van der Waals surface area (Å²) in [4.78, 5) is 3.81. The smallest absolute Gasteiger partial charge is 0.0994 e. The number of rotatable bonds is 0. The zero-order valence-electron chi connectivity index (χ0n) is 9.20. The average Bonchev–Trinajstić information content (AvgIpc) is 2.19. The lowest BCUT2D eigenvalue weighted by Crippen LogP contribution is -1.77. The van der Waals surface area contributed by atoms with Crippen molar-refractivity contribution in [2.24, 2.45) is 4.99 Å². The molecule has 0 aromatic heterocycles. The molecule has 1 rings (SSSR count). The maximum atomic E-state index is 8.47. The van der Waals surface area contributed by atoms with Crippen LogP contribution in [0.15, 0.2) is 29.3 Å². The summed E-state index contributed by atoms with van der Waals surface area (Å²) in [6.07, 6.45) is 0. The molecule has 0 spiro atoms. The normalized spacial score (nSPS) is 7.93. The number of nitrogens with zero attached hydrogens (tertiary/aromatic N) is 2. The Labute approximate surface area is 85.9 Å². The van der Waals surface area contributed by atoms with E-state index in [0.29, 0.717) is 0 Å². The molecule has 0 saturated carbocycles. The Balaban J connectivity index is 0.000000292. The van der Waals surface area contributed by atoms with Gasteiger partial charge in [-0.2, -0.15) is 5.26 Å². The van der Waals surface area contributed by atoms with E-state index in [1.165, 1.54) is 0 Å². The highest BCUT2D eigenvalue weighted by atomic mass is 14.7. The van der Waals surface area contributed by atoms with Gasteiger partial charge in [-0.1, -0.05) is 18.2 Å². The molecule has 2 nitrogen and oxygen atoms in total. The summed E-state index contributed by atoms with van der Waals surface area (Å²) in [5.74, 6) is 0. The van der Waals surface area contributed by atoms with Gasteiger partial charge in [0, 0.05) is 12.8 Å². The fourth-order valence-electron chi connectivity index (χ4n) is 0.698. The van der Waals surface area contributed by atoms with E-state index in [2.05, 4.69) is 11.1 Å². The molecule has 0 N–H and O–H groups in total. The van der Waals surface area contributed by atoms with E-state index >= 15 is 0 Å². The van der Waals surface area contributed by atoms with Crippen LogP contribution in [0.4, 0.5) is 0 Å². The van der Waals surface area contributed by atoms with Crippen molar-refractivity contribution in [3.05, 3.63) is 35.4 Å². The van der Waals surface area contributed by atoms with Crippen molar-refractivity contribution in [2.75, 3.05) is 7.05 Å². The number of benzene rings is 1. The van der Waals surface area contributed by atoms with Gasteiger partial charge in [0.25, 0.3) is 0 Å². The third-order valence-electron chi connectivity index (χ3n) is 1.71. The number of aliphatic imine (C=N–C) groups is 1. The van der Waals surface area contributed by atoms with Gasteiger partial charge in [0.1, 0.15) is 0 Å². The highest BCUT2D eigenvalue weighted by Crippen LogP contribution is 2.03. The van der Waals surface area contributed by atoms with Gasteiger partial charge in [-0.3, -0.25) is 4.99 Å². The third-order valence-corrected chi connectivity index (χ3v) is 1.71. The second kappa shape index (κ2) is 6.85. The molecule has 74 valence electrons. The minimum absolute atomic E-state index is 0.762. The molecule has 0 atom stereocenters. The van der Waals surface area contributed by atoms with Crippen molar-refractivity contribution in [2.45, 2.75) is 20.8 Å². The molecule has 0 aliphatic heterocycles. The van der Waals surface area contributed by atoms with Gasteiger partial charge in [-0.05, 0) is 32.4 Å². The van der Waals surface area contributed by atoms with E-state index in [0.717, 1.165) is 16.8 Å². The highest BCUT2D eigenvalue weighted by Gasteiger charge is 1.89. The van der Waals surface area contributed by atoms with E-state index in [1.807, 2.05) is 45.0 Å². The Bertz CT molecular complexity index is 342. The molecule has 0 bridgehead atoms. The van der Waals surface area contributed by atoms with Crippen LogP contribution in [0.1, 0.15) is 25.0 Å². The monoisotopic (exact) mass is 188 g/mol. The minimum Gasteiger partial charge on any atom is -0.298 e. The molecule has 0 aliphatic rings. The van der Waals surface area contributed by atoms with Gasteiger partial charge in [0.05, 0.1) is 11.6 Å². The molecule has 1 aromatic carbocycles. The topological polar surface area (TPSA) is 36.1 Å². The minimum atomic E-state index is 0.762. The van der Waals surface area contributed by atoms with Crippen molar-refractivity contribution in [3.63, 3.8) is 0 Å². The first-order valence-corrected chi connectivity index (χ1v) is 4.47. The van der Waals surface area contributed by atoms with Crippen molar-refractivity contribution in [1.82, 2.24) is 0 Å². The molecule has 0 aliphatic carbocycles. The molecule has 0 radical (unpaired) electrons. The van der Waals surface area contributed by atoms with Crippen LogP contribution in [0.2, 0.25) is 0 Å². The van der Waals surface area contributed by atoms with E-state index in [9.17, 15) is 0 Å². The van der Waals surface area contributed by atoms with Crippen molar-refractivity contribution in [1.29, 1.82) is 5.26 Å². The van der Waals surface area contributed by atoms with E-state index in [4.69, 9.17) is 5.26 Å². The van der Waals surface area contributed by atoms with Crippen LogP contribution in [0.25, 0.3) is 0 Å². The Morgan fingerprint density at radius 1 is 1.29 bits per heavy atom. The van der Waals surface area contributed by atoms with Crippen molar-refractivity contribution < 1.29 is 0 Å². The molecule has 0 amide bonds.